The van der Waals surface area contributed by atoms with Crippen LogP contribution in [0.5, 0.6) is 5.75 Å². The van der Waals surface area contributed by atoms with Crippen LogP contribution in [0.25, 0.3) is 0 Å². The van der Waals surface area contributed by atoms with Gasteiger partial charge in [-0.15, -0.1) is 0 Å². The molecule has 176 valence electrons. The maximum Gasteiger partial charge on any atom is 0.254 e. The fourth-order valence-corrected chi connectivity index (χ4v) is 3.76. The fraction of sp³-hybridized carbons (Fsp3) is 0.259. The lowest BCUT2D eigenvalue weighted by Gasteiger charge is -2.22. The summed E-state index contributed by atoms with van der Waals surface area (Å²) in [6.07, 6.45) is 1.87. The summed E-state index contributed by atoms with van der Waals surface area (Å²) in [6.45, 7) is 0.711. The SMILES string of the molecule is O=C(Nc1ccc(C(=O)N(CCO)Cc2cccc(OCc3ccccc3Cl)c2)cc1)C1CC1. The summed E-state index contributed by atoms with van der Waals surface area (Å²) in [5, 5.41) is 13.0. The van der Waals surface area contributed by atoms with Gasteiger partial charge in [0.2, 0.25) is 5.91 Å². The van der Waals surface area contributed by atoms with Crippen LogP contribution in [-0.2, 0) is 17.9 Å². The summed E-state index contributed by atoms with van der Waals surface area (Å²) in [5.41, 5.74) is 2.93. The number of nitrogens with zero attached hydrogens (tertiary/aromatic N) is 1. The Labute approximate surface area is 204 Å². The van der Waals surface area contributed by atoms with Crippen molar-refractivity contribution in [3.8, 4) is 5.75 Å². The zero-order valence-electron chi connectivity index (χ0n) is 18.7. The highest BCUT2D eigenvalue weighted by molar-refractivity contribution is 6.31. The van der Waals surface area contributed by atoms with Crippen molar-refractivity contribution in [2.24, 2.45) is 5.92 Å². The van der Waals surface area contributed by atoms with E-state index in [9.17, 15) is 14.7 Å². The maximum atomic E-state index is 13.1. The van der Waals surface area contributed by atoms with Crippen molar-refractivity contribution >= 4 is 29.1 Å². The number of carbonyl (C=O) groups is 2. The minimum atomic E-state index is -0.198. The molecular formula is C27H27ClN2O4. The Bertz CT molecular complexity index is 1150. The van der Waals surface area contributed by atoms with Gasteiger partial charge in [0.25, 0.3) is 5.91 Å². The van der Waals surface area contributed by atoms with Crippen LogP contribution >= 0.6 is 11.6 Å². The number of aliphatic hydroxyl groups is 1. The highest BCUT2D eigenvalue weighted by Crippen LogP contribution is 2.30. The summed E-state index contributed by atoms with van der Waals surface area (Å²) < 4.78 is 5.89. The number of benzene rings is 3. The van der Waals surface area contributed by atoms with Gasteiger partial charge in [-0.1, -0.05) is 41.9 Å². The number of hydrogen-bond acceptors (Lipinski definition) is 4. The second-order valence-corrected chi connectivity index (χ2v) is 8.73. The van der Waals surface area contributed by atoms with Crippen molar-refractivity contribution in [3.05, 3.63) is 94.5 Å². The molecule has 0 heterocycles. The van der Waals surface area contributed by atoms with Gasteiger partial charge in [0.15, 0.2) is 0 Å². The quantitative estimate of drug-likeness (QED) is 0.434. The molecule has 3 aromatic carbocycles. The minimum absolute atomic E-state index is 0.0256. The third-order valence-electron chi connectivity index (χ3n) is 5.63. The predicted molar refractivity (Wildman–Crippen MR) is 132 cm³/mol. The second-order valence-electron chi connectivity index (χ2n) is 8.32. The molecule has 0 atom stereocenters. The topological polar surface area (TPSA) is 78.9 Å². The van der Waals surface area contributed by atoms with Gasteiger partial charge in [-0.25, -0.2) is 0 Å². The maximum absolute atomic E-state index is 13.1. The molecule has 0 saturated heterocycles. The van der Waals surface area contributed by atoms with Crippen LogP contribution in [0, 0.1) is 5.92 Å². The van der Waals surface area contributed by atoms with E-state index in [4.69, 9.17) is 16.3 Å². The summed E-state index contributed by atoms with van der Waals surface area (Å²) in [6, 6.07) is 21.9. The Balaban J connectivity index is 1.40. The molecule has 7 heteroatoms. The molecule has 0 unspecified atom stereocenters. The lowest BCUT2D eigenvalue weighted by atomic mass is 10.1. The van der Waals surface area contributed by atoms with Crippen molar-refractivity contribution < 1.29 is 19.4 Å². The average molecular weight is 479 g/mol. The summed E-state index contributed by atoms with van der Waals surface area (Å²) in [4.78, 5) is 26.6. The Morgan fingerprint density at radius 1 is 1.03 bits per heavy atom. The number of rotatable bonds is 10. The number of anilines is 1. The van der Waals surface area contributed by atoms with Crippen molar-refractivity contribution in [1.82, 2.24) is 4.90 Å². The molecule has 1 saturated carbocycles. The predicted octanol–water partition coefficient (Wildman–Crippen LogP) is 4.90. The van der Waals surface area contributed by atoms with Crippen molar-refractivity contribution in [2.75, 3.05) is 18.5 Å². The molecular weight excluding hydrogens is 452 g/mol. The van der Waals surface area contributed by atoms with Gasteiger partial charge in [0.1, 0.15) is 12.4 Å². The molecule has 1 aliphatic carbocycles. The largest absolute Gasteiger partial charge is 0.489 e. The molecule has 1 aliphatic rings. The molecule has 0 spiro atoms. The van der Waals surface area contributed by atoms with Crippen LogP contribution < -0.4 is 10.1 Å². The molecule has 2 amide bonds. The molecule has 0 aliphatic heterocycles. The van der Waals surface area contributed by atoms with E-state index < -0.39 is 0 Å². The van der Waals surface area contributed by atoms with Crippen molar-refractivity contribution in [1.29, 1.82) is 0 Å². The molecule has 34 heavy (non-hydrogen) atoms. The summed E-state index contributed by atoms with van der Waals surface area (Å²) >= 11 is 6.20. The standard InChI is InChI=1S/C27H27ClN2O4/c28-25-7-2-1-5-22(25)18-34-24-6-3-4-19(16-24)17-30(14-15-31)27(33)21-10-12-23(13-11-21)29-26(32)20-8-9-20/h1-7,10-13,16,20,31H,8-9,14-15,17-18H2,(H,29,32). The smallest absolute Gasteiger partial charge is 0.254 e. The third kappa shape index (κ3) is 6.37. The monoisotopic (exact) mass is 478 g/mol. The van der Waals surface area contributed by atoms with Gasteiger partial charge in [-0.05, 0) is 60.9 Å². The van der Waals surface area contributed by atoms with E-state index in [2.05, 4.69) is 5.32 Å². The van der Waals surface area contributed by atoms with Crippen LogP contribution in [0.15, 0.2) is 72.8 Å². The molecule has 0 bridgehead atoms. The Morgan fingerprint density at radius 2 is 1.79 bits per heavy atom. The van der Waals surface area contributed by atoms with Crippen LogP contribution in [-0.4, -0.2) is 35.0 Å². The second kappa shape index (κ2) is 11.2. The number of aliphatic hydroxyl groups excluding tert-OH is 1. The van der Waals surface area contributed by atoms with Crippen LogP contribution in [0.4, 0.5) is 5.69 Å². The highest BCUT2D eigenvalue weighted by Gasteiger charge is 2.29. The lowest BCUT2D eigenvalue weighted by molar-refractivity contribution is -0.117. The normalized spacial score (nSPS) is 12.8. The molecule has 1 fully saturated rings. The number of ether oxygens (including phenoxy) is 1. The minimum Gasteiger partial charge on any atom is -0.489 e. The third-order valence-corrected chi connectivity index (χ3v) is 6.00. The van der Waals surface area contributed by atoms with E-state index in [-0.39, 0.29) is 30.9 Å². The van der Waals surface area contributed by atoms with Gasteiger partial charge in [-0.2, -0.15) is 0 Å². The number of halogens is 1. The lowest BCUT2D eigenvalue weighted by Crippen LogP contribution is -2.33. The summed E-state index contributed by atoms with van der Waals surface area (Å²) in [5.74, 6) is 0.615. The zero-order chi connectivity index (χ0) is 23.9. The first-order chi connectivity index (χ1) is 16.5. The molecule has 0 radical (unpaired) electrons. The average Bonchev–Trinajstić information content (AvgIpc) is 3.69. The molecule has 4 rings (SSSR count). The first-order valence-electron chi connectivity index (χ1n) is 11.3. The van der Waals surface area contributed by atoms with Gasteiger partial charge in [0.05, 0.1) is 6.61 Å². The van der Waals surface area contributed by atoms with Gasteiger partial charge < -0.3 is 20.1 Å². The highest BCUT2D eigenvalue weighted by atomic mass is 35.5. The van der Waals surface area contributed by atoms with E-state index in [1.54, 1.807) is 29.2 Å². The number of carbonyl (C=O) groups excluding carboxylic acids is 2. The van der Waals surface area contributed by atoms with Gasteiger partial charge in [0, 0.05) is 40.8 Å². The Hall–Kier alpha value is -3.35. The van der Waals surface area contributed by atoms with E-state index in [0.717, 1.165) is 24.0 Å². The fourth-order valence-electron chi connectivity index (χ4n) is 3.57. The number of amides is 2. The van der Waals surface area contributed by atoms with Gasteiger partial charge in [-0.3, -0.25) is 9.59 Å². The molecule has 6 nitrogen and oxygen atoms in total. The van der Waals surface area contributed by atoms with Crippen LogP contribution in [0.3, 0.4) is 0 Å². The van der Waals surface area contributed by atoms with E-state index >= 15 is 0 Å². The molecule has 2 N–H and O–H groups in total. The van der Waals surface area contributed by atoms with Crippen LogP contribution in [0.1, 0.15) is 34.3 Å². The van der Waals surface area contributed by atoms with E-state index in [0.29, 0.717) is 35.2 Å². The van der Waals surface area contributed by atoms with Crippen molar-refractivity contribution in [2.45, 2.75) is 26.0 Å². The van der Waals surface area contributed by atoms with E-state index in [1.165, 1.54) is 0 Å². The van der Waals surface area contributed by atoms with Crippen molar-refractivity contribution in [3.63, 3.8) is 0 Å². The number of nitrogens with one attached hydrogen (secondary N) is 1. The molecule has 3 aromatic rings. The Morgan fingerprint density at radius 3 is 2.50 bits per heavy atom. The zero-order valence-corrected chi connectivity index (χ0v) is 19.5. The first-order valence-corrected chi connectivity index (χ1v) is 11.7. The molecule has 0 aromatic heterocycles. The summed E-state index contributed by atoms with van der Waals surface area (Å²) in [7, 11) is 0. The first kappa shape index (κ1) is 23.8. The van der Waals surface area contributed by atoms with E-state index in [1.807, 2.05) is 48.5 Å². The Kier molecular flexibility index (Phi) is 7.83. The van der Waals surface area contributed by atoms with Crippen LogP contribution in [0.2, 0.25) is 5.02 Å². The number of hydrogen-bond donors (Lipinski definition) is 2. The van der Waals surface area contributed by atoms with Gasteiger partial charge >= 0.3 is 0 Å².